The van der Waals surface area contributed by atoms with Crippen LogP contribution in [0.25, 0.3) is 0 Å². The van der Waals surface area contributed by atoms with Gasteiger partial charge in [-0.1, -0.05) is 27.2 Å². The molecule has 0 saturated carbocycles. The standard InChI is InChI=1S/C13H24N2S2/c1-4-7-8-14-9-12-11(5-2)15-13(17-12)10-16-6-3/h14H,4-10H2,1-3H3. The summed E-state index contributed by atoms with van der Waals surface area (Å²) in [6, 6.07) is 0. The number of hydrogen-bond donors (Lipinski definition) is 1. The molecule has 1 aromatic heterocycles. The number of rotatable bonds is 9. The molecule has 2 nitrogen and oxygen atoms in total. The van der Waals surface area contributed by atoms with Crippen LogP contribution in [0.5, 0.6) is 0 Å². The van der Waals surface area contributed by atoms with Crippen molar-refractivity contribution >= 4 is 23.1 Å². The molecule has 0 saturated heterocycles. The highest BCUT2D eigenvalue weighted by Crippen LogP contribution is 2.23. The third-order valence-electron chi connectivity index (χ3n) is 2.58. The number of nitrogens with zero attached hydrogens (tertiary/aromatic N) is 1. The molecular weight excluding hydrogens is 248 g/mol. The second-order valence-corrected chi connectivity index (χ2v) is 6.44. The molecule has 1 rings (SSSR count). The maximum Gasteiger partial charge on any atom is 0.103 e. The van der Waals surface area contributed by atoms with E-state index in [1.807, 2.05) is 23.1 Å². The van der Waals surface area contributed by atoms with E-state index in [9.17, 15) is 0 Å². The first kappa shape index (κ1) is 15.0. The van der Waals surface area contributed by atoms with Gasteiger partial charge in [0.05, 0.1) is 5.69 Å². The first-order valence-electron chi connectivity index (χ1n) is 6.57. The Hall–Kier alpha value is -0.0600. The summed E-state index contributed by atoms with van der Waals surface area (Å²) in [6.45, 7) is 8.74. The van der Waals surface area contributed by atoms with Crippen molar-refractivity contribution in [2.75, 3.05) is 12.3 Å². The number of nitrogens with one attached hydrogen (secondary N) is 1. The molecule has 0 atom stereocenters. The Morgan fingerprint density at radius 2 is 2.12 bits per heavy atom. The van der Waals surface area contributed by atoms with E-state index in [-0.39, 0.29) is 0 Å². The number of unbranched alkanes of at least 4 members (excludes halogenated alkanes) is 1. The van der Waals surface area contributed by atoms with Crippen LogP contribution >= 0.6 is 23.1 Å². The molecule has 0 unspecified atom stereocenters. The second-order valence-electron chi connectivity index (χ2n) is 4.00. The van der Waals surface area contributed by atoms with E-state index in [0.29, 0.717) is 0 Å². The smallest absolute Gasteiger partial charge is 0.103 e. The molecule has 0 aliphatic heterocycles. The number of thiazole rings is 1. The van der Waals surface area contributed by atoms with Gasteiger partial charge in [-0.15, -0.1) is 11.3 Å². The minimum absolute atomic E-state index is 0.998. The van der Waals surface area contributed by atoms with Crippen LogP contribution in [0.3, 0.4) is 0 Å². The molecule has 98 valence electrons. The largest absolute Gasteiger partial charge is 0.312 e. The zero-order chi connectivity index (χ0) is 12.5. The summed E-state index contributed by atoms with van der Waals surface area (Å²) in [6.07, 6.45) is 3.58. The molecular formula is C13H24N2S2. The first-order chi connectivity index (χ1) is 8.31. The Kier molecular flexibility index (Phi) is 7.90. The molecule has 0 aliphatic rings. The predicted octanol–water partition coefficient (Wildman–Crippen LogP) is 3.85. The topological polar surface area (TPSA) is 24.9 Å². The lowest BCUT2D eigenvalue weighted by molar-refractivity contribution is 0.642. The van der Waals surface area contributed by atoms with Gasteiger partial charge in [-0.05, 0) is 25.1 Å². The average Bonchev–Trinajstić information content (AvgIpc) is 2.74. The van der Waals surface area contributed by atoms with Gasteiger partial charge in [0.1, 0.15) is 5.01 Å². The Bertz CT molecular complexity index is 310. The number of aromatic nitrogens is 1. The SMILES string of the molecule is CCCCNCc1sc(CSCC)nc1CC. The van der Waals surface area contributed by atoms with Gasteiger partial charge in [-0.3, -0.25) is 0 Å². The van der Waals surface area contributed by atoms with Crippen LogP contribution in [0.2, 0.25) is 0 Å². The molecule has 0 spiro atoms. The van der Waals surface area contributed by atoms with Gasteiger partial charge < -0.3 is 5.32 Å². The second kappa shape index (κ2) is 8.95. The summed E-state index contributed by atoms with van der Waals surface area (Å²) < 4.78 is 0. The highest BCUT2D eigenvalue weighted by molar-refractivity contribution is 7.98. The van der Waals surface area contributed by atoms with Crippen LogP contribution in [0.4, 0.5) is 0 Å². The summed E-state index contributed by atoms with van der Waals surface area (Å²) in [5.41, 5.74) is 1.30. The zero-order valence-electron chi connectivity index (χ0n) is 11.2. The molecule has 1 heterocycles. The van der Waals surface area contributed by atoms with E-state index in [4.69, 9.17) is 4.98 Å². The maximum atomic E-state index is 4.72. The lowest BCUT2D eigenvalue weighted by atomic mass is 10.3. The summed E-state index contributed by atoms with van der Waals surface area (Å²) >= 11 is 3.84. The van der Waals surface area contributed by atoms with Gasteiger partial charge in [0, 0.05) is 17.2 Å². The molecule has 4 heteroatoms. The Morgan fingerprint density at radius 1 is 1.29 bits per heavy atom. The van der Waals surface area contributed by atoms with Crippen LogP contribution < -0.4 is 5.32 Å². The Labute approximate surface area is 114 Å². The lowest BCUT2D eigenvalue weighted by Crippen LogP contribution is -2.14. The fourth-order valence-corrected chi connectivity index (χ4v) is 3.46. The highest BCUT2D eigenvalue weighted by Gasteiger charge is 2.08. The molecule has 0 aliphatic carbocycles. The first-order valence-corrected chi connectivity index (χ1v) is 8.54. The molecule has 1 aromatic rings. The summed E-state index contributed by atoms with van der Waals surface area (Å²) in [5, 5.41) is 4.80. The minimum atomic E-state index is 0.998. The fourth-order valence-electron chi connectivity index (χ4n) is 1.61. The number of aryl methyl sites for hydroxylation is 1. The third kappa shape index (κ3) is 5.40. The Balaban J connectivity index is 2.47. The van der Waals surface area contributed by atoms with Crippen molar-refractivity contribution in [1.82, 2.24) is 10.3 Å². The normalized spacial score (nSPS) is 11.0. The monoisotopic (exact) mass is 272 g/mol. The van der Waals surface area contributed by atoms with Crippen molar-refractivity contribution in [3.63, 3.8) is 0 Å². The lowest BCUT2D eigenvalue weighted by Gasteiger charge is -2.02. The van der Waals surface area contributed by atoms with Gasteiger partial charge in [0.15, 0.2) is 0 Å². The van der Waals surface area contributed by atoms with Crippen LogP contribution in [-0.2, 0) is 18.7 Å². The average molecular weight is 272 g/mol. The van der Waals surface area contributed by atoms with Crippen LogP contribution in [0, 0.1) is 0 Å². The van der Waals surface area contributed by atoms with E-state index in [1.165, 1.54) is 34.2 Å². The van der Waals surface area contributed by atoms with Crippen molar-refractivity contribution in [2.24, 2.45) is 0 Å². The predicted molar refractivity (Wildman–Crippen MR) is 79.9 cm³/mol. The van der Waals surface area contributed by atoms with Gasteiger partial charge in [-0.2, -0.15) is 11.8 Å². The van der Waals surface area contributed by atoms with E-state index in [1.54, 1.807) is 0 Å². The van der Waals surface area contributed by atoms with Gasteiger partial charge in [-0.25, -0.2) is 4.98 Å². The van der Waals surface area contributed by atoms with Gasteiger partial charge in [0.25, 0.3) is 0 Å². The third-order valence-corrected chi connectivity index (χ3v) is 4.75. The van der Waals surface area contributed by atoms with E-state index >= 15 is 0 Å². The number of hydrogen-bond acceptors (Lipinski definition) is 4. The van der Waals surface area contributed by atoms with Gasteiger partial charge in [0.2, 0.25) is 0 Å². The summed E-state index contributed by atoms with van der Waals surface area (Å²) in [5.74, 6) is 2.24. The zero-order valence-corrected chi connectivity index (χ0v) is 12.8. The highest BCUT2D eigenvalue weighted by atomic mass is 32.2. The Morgan fingerprint density at radius 3 is 2.76 bits per heavy atom. The maximum absolute atomic E-state index is 4.72. The minimum Gasteiger partial charge on any atom is -0.312 e. The molecule has 0 bridgehead atoms. The van der Waals surface area contributed by atoms with Crippen molar-refractivity contribution in [3.8, 4) is 0 Å². The van der Waals surface area contributed by atoms with Crippen molar-refractivity contribution in [1.29, 1.82) is 0 Å². The van der Waals surface area contributed by atoms with Crippen LogP contribution in [0.1, 0.15) is 49.2 Å². The molecule has 1 N–H and O–H groups in total. The van der Waals surface area contributed by atoms with E-state index < -0.39 is 0 Å². The quantitative estimate of drug-likeness (QED) is 0.691. The van der Waals surface area contributed by atoms with E-state index in [0.717, 1.165) is 25.3 Å². The molecule has 0 aromatic carbocycles. The van der Waals surface area contributed by atoms with Crippen molar-refractivity contribution in [2.45, 2.75) is 52.3 Å². The fraction of sp³-hybridized carbons (Fsp3) is 0.769. The van der Waals surface area contributed by atoms with E-state index in [2.05, 4.69) is 26.1 Å². The number of thioether (sulfide) groups is 1. The van der Waals surface area contributed by atoms with Crippen LogP contribution in [-0.4, -0.2) is 17.3 Å². The van der Waals surface area contributed by atoms with Crippen molar-refractivity contribution in [3.05, 3.63) is 15.6 Å². The molecule has 17 heavy (non-hydrogen) atoms. The van der Waals surface area contributed by atoms with Crippen LogP contribution in [0.15, 0.2) is 0 Å². The van der Waals surface area contributed by atoms with Crippen molar-refractivity contribution < 1.29 is 0 Å². The molecule has 0 fully saturated rings. The summed E-state index contributed by atoms with van der Waals surface area (Å²) in [7, 11) is 0. The molecule has 0 amide bonds. The summed E-state index contributed by atoms with van der Waals surface area (Å²) in [4.78, 5) is 6.16. The van der Waals surface area contributed by atoms with Gasteiger partial charge >= 0.3 is 0 Å². The molecule has 0 radical (unpaired) electrons.